The molecule has 2 aromatic rings. The topological polar surface area (TPSA) is 127 Å². The van der Waals surface area contributed by atoms with E-state index in [4.69, 9.17) is 4.74 Å². The first kappa shape index (κ1) is 22.5. The Kier molecular flexibility index (Phi) is 6.77. The van der Waals surface area contributed by atoms with Crippen LogP contribution in [-0.2, 0) is 29.4 Å². The van der Waals surface area contributed by atoms with Gasteiger partial charge in [-0.1, -0.05) is 0 Å². The maximum Gasteiger partial charge on any atom is 0.338 e. The molecule has 0 aliphatic carbocycles. The van der Waals surface area contributed by atoms with Gasteiger partial charge in [0.2, 0.25) is 10.0 Å². The van der Waals surface area contributed by atoms with Gasteiger partial charge in [0.25, 0.3) is 5.91 Å². The molecule has 0 unspecified atom stereocenters. The lowest BCUT2D eigenvalue weighted by atomic mass is 10.2. The van der Waals surface area contributed by atoms with Gasteiger partial charge in [0, 0.05) is 26.0 Å². The van der Waals surface area contributed by atoms with Crippen molar-refractivity contribution in [2.45, 2.75) is 9.79 Å². The predicted molar refractivity (Wildman–Crippen MR) is 106 cm³/mol. The average molecular weight is 440 g/mol. The van der Waals surface area contributed by atoms with E-state index in [2.05, 4.69) is 5.32 Å². The molecule has 9 nitrogen and oxygen atoms in total. The summed E-state index contributed by atoms with van der Waals surface area (Å²) < 4.78 is 52.8. The van der Waals surface area contributed by atoms with Gasteiger partial charge < -0.3 is 10.1 Å². The summed E-state index contributed by atoms with van der Waals surface area (Å²) in [6, 6.07) is 10.7. The first-order valence-electron chi connectivity index (χ1n) is 8.21. The minimum absolute atomic E-state index is 0.0616. The van der Waals surface area contributed by atoms with Gasteiger partial charge in [-0.05, 0) is 48.5 Å². The third kappa shape index (κ3) is 5.86. The summed E-state index contributed by atoms with van der Waals surface area (Å²) in [7, 11) is -4.13. The zero-order chi connectivity index (χ0) is 21.8. The fraction of sp³-hybridized carbons (Fsp3) is 0.222. The standard InChI is InChI=1S/C18H20N2O7S2/c1-20(2)29(25,26)16-10-6-14(7-11-16)19-17(21)12-27-18(22)13-4-8-15(9-5-13)28(3,23)24/h4-11H,12H2,1-3H3,(H,19,21). The van der Waals surface area contributed by atoms with Gasteiger partial charge in [0.05, 0.1) is 15.4 Å². The maximum absolute atomic E-state index is 12.0. The Bertz CT molecular complexity index is 1110. The highest BCUT2D eigenvalue weighted by Crippen LogP contribution is 2.16. The first-order chi connectivity index (χ1) is 13.4. The normalized spacial score (nSPS) is 11.9. The van der Waals surface area contributed by atoms with Gasteiger partial charge in [-0.2, -0.15) is 0 Å². The SMILES string of the molecule is CN(C)S(=O)(=O)c1ccc(NC(=O)COC(=O)c2ccc(S(C)(=O)=O)cc2)cc1. The number of ether oxygens (including phenoxy) is 1. The van der Waals surface area contributed by atoms with Crippen LogP contribution >= 0.6 is 0 Å². The van der Waals surface area contributed by atoms with Crippen LogP contribution in [-0.4, -0.2) is 60.0 Å². The van der Waals surface area contributed by atoms with Crippen LogP contribution in [0.5, 0.6) is 0 Å². The molecule has 0 saturated heterocycles. The fourth-order valence-electron chi connectivity index (χ4n) is 2.17. The number of sulfone groups is 1. The van der Waals surface area contributed by atoms with E-state index in [0.717, 1.165) is 10.6 Å². The Morgan fingerprint density at radius 1 is 0.897 bits per heavy atom. The van der Waals surface area contributed by atoms with Gasteiger partial charge in [-0.15, -0.1) is 0 Å². The summed E-state index contributed by atoms with van der Waals surface area (Å²) in [5.41, 5.74) is 0.435. The number of carbonyl (C=O) groups excluding carboxylic acids is 2. The molecule has 0 aromatic heterocycles. The molecule has 1 N–H and O–H groups in total. The van der Waals surface area contributed by atoms with E-state index in [0.29, 0.717) is 5.69 Å². The largest absolute Gasteiger partial charge is 0.452 e. The first-order valence-corrected chi connectivity index (χ1v) is 11.5. The third-order valence-electron chi connectivity index (χ3n) is 3.77. The van der Waals surface area contributed by atoms with Crippen LogP contribution in [0.15, 0.2) is 58.3 Å². The van der Waals surface area contributed by atoms with E-state index < -0.39 is 38.3 Å². The number of anilines is 1. The highest BCUT2D eigenvalue weighted by molar-refractivity contribution is 7.90. The highest BCUT2D eigenvalue weighted by atomic mass is 32.2. The van der Waals surface area contributed by atoms with Crippen LogP contribution in [0.25, 0.3) is 0 Å². The Labute approximate surface area is 169 Å². The summed E-state index contributed by atoms with van der Waals surface area (Å²) in [5, 5.41) is 2.48. The van der Waals surface area contributed by atoms with E-state index in [1.807, 2.05) is 0 Å². The van der Waals surface area contributed by atoms with E-state index in [1.54, 1.807) is 0 Å². The van der Waals surface area contributed by atoms with Gasteiger partial charge in [0.15, 0.2) is 16.4 Å². The second kappa shape index (κ2) is 8.72. The van der Waals surface area contributed by atoms with Crippen molar-refractivity contribution in [1.82, 2.24) is 4.31 Å². The van der Waals surface area contributed by atoms with Gasteiger partial charge >= 0.3 is 5.97 Å². The zero-order valence-corrected chi connectivity index (χ0v) is 17.6. The number of benzene rings is 2. The van der Waals surface area contributed by atoms with Crippen molar-refractivity contribution in [3.63, 3.8) is 0 Å². The molecule has 29 heavy (non-hydrogen) atoms. The lowest BCUT2D eigenvalue weighted by molar-refractivity contribution is -0.119. The van der Waals surface area contributed by atoms with Crippen LogP contribution in [0.4, 0.5) is 5.69 Å². The van der Waals surface area contributed by atoms with Crippen LogP contribution in [0.1, 0.15) is 10.4 Å². The number of rotatable bonds is 7. The monoisotopic (exact) mass is 440 g/mol. The molecule has 0 saturated carbocycles. The molecule has 156 valence electrons. The van der Waals surface area contributed by atoms with Crippen LogP contribution in [0.2, 0.25) is 0 Å². The third-order valence-corrected chi connectivity index (χ3v) is 6.73. The highest BCUT2D eigenvalue weighted by Gasteiger charge is 2.17. The second-order valence-electron chi connectivity index (χ2n) is 6.23. The smallest absolute Gasteiger partial charge is 0.338 e. The van der Waals surface area contributed by atoms with Gasteiger partial charge in [-0.3, -0.25) is 4.79 Å². The number of amides is 1. The van der Waals surface area contributed by atoms with E-state index in [1.165, 1.54) is 62.6 Å². The van der Waals surface area contributed by atoms with Crippen molar-refractivity contribution in [2.75, 3.05) is 32.3 Å². The number of carbonyl (C=O) groups is 2. The van der Waals surface area contributed by atoms with Crippen molar-refractivity contribution in [3.8, 4) is 0 Å². The number of nitrogens with one attached hydrogen (secondary N) is 1. The molecule has 0 aliphatic heterocycles. The molecule has 0 aliphatic rings. The summed E-state index contributed by atoms with van der Waals surface area (Å²) in [5.74, 6) is -1.40. The lowest BCUT2D eigenvalue weighted by Crippen LogP contribution is -2.22. The molecule has 11 heteroatoms. The number of nitrogens with zero attached hydrogens (tertiary/aromatic N) is 1. The number of hydrogen-bond donors (Lipinski definition) is 1. The molecular formula is C18H20N2O7S2. The Balaban J connectivity index is 1.93. The van der Waals surface area contributed by atoms with Crippen molar-refractivity contribution in [1.29, 1.82) is 0 Å². The van der Waals surface area contributed by atoms with E-state index >= 15 is 0 Å². The van der Waals surface area contributed by atoms with Crippen molar-refractivity contribution < 1.29 is 31.2 Å². The molecule has 0 bridgehead atoms. The summed E-state index contributed by atoms with van der Waals surface area (Å²) in [6.45, 7) is -0.565. The molecule has 1 amide bonds. The molecule has 0 atom stereocenters. The van der Waals surface area contributed by atoms with Gasteiger partial charge in [-0.25, -0.2) is 25.9 Å². The van der Waals surface area contributed by atoms with Gasteiger partial charge in [0.1, 0.15) is 0 Å². The number of sulfonamides is 1. The van der Waals surface area contributed by atoms with Crippen molar-refractivity contribution >= 4 is 37.4 Å². The van der Waals surface area contributed by atoms with Crippen LogP contribution in [0, 0.1) is 0 Å². The van der Waals surface area contributed by atoms with Crippen LogP contribution < -0.4 is 5.32 Å². The molecule has 0 radical (unpaired) electrons. The maximum atomic E-state index is 12.0. The fourth-order valence-corrected chi connectivity index (χ4v) is 3.70. The minimum atomic E-state index is -3.57. The molecule has 2 aromatic carbocycles. The molecular weight excluding hydrogens is 420 g/mol. The Morgan fingerprint density at radius 3 is 1.90 bits per heavy atom. The summed E-state index contributed by atoms with van der Waals surface area (Å²) in [4.78, 5) is 24.0. The molecule has 2 rings (SSSR count). The zero-order valence-electron chi connectivity index (χ0n) is 15.9. The van der Waals surface area contributed by atoms with Crippen molar-refractivity contribution in [2.24, 2.45) is 0 Å². The number of esters is 1. The van der Waals surface area contributed by atoms with E-state index in [-0.39, 0.29) is 15.4 Å². The number of hydrogen-bond acceptors (Lipinski definition) is 7. The van der Waals surface area contributed by atoms with Crippen molar-refractivity contribution in [3.05, 3.63) is 54.1 Å². The second-order valence-corrected chi connectivity index (χ2v) is 10.4. The Hall–Kier alpha value is -2.76. The average Bonchev–Trinajstić information content (AvgIpc) is 2.66. The molecule has 0 fully saturated rings. The summed E-state index contributed by atoms with van der Waals surface area (Å²) >= 11 is 0. The van der Waals surface area contributed by atoms with Crippen LogP contribution in [0.3, 0.4) is 0 Å². The van der Waals surface area contributed by atoms with E-state index in [9.17, 15) is 26.4 Å². The summed E-state index contributed by atoms with van der Waals surface area (Å²) in [6.07, 6.45) is 1.05. The molecule has 0 spiro atoms. The lowest BCUT2D eigenvalue weighted by Gasteiger charge is -2.12. The quantitative estimate of drug-likeness (QED) is 0.640. The Morgan fingerprint density at radius 2 is 1.41 bits per heavy atom. The molecule has 0 heterocycles. The minimum Gasteiger partial charge on any atom is -0.452 e. The predicted octanol–water partition coefficient (Wildman–Crippen LogP) is 1.14.